The summed E-state index contributed by atoms with van der Waals surface area (Å²) in [6.45, 7) is 13.9. The summed E-state index contributed by atoms with van der Waals surface area (Å²) in [7, 11) is 0. The van der Waals surface area contributed by atoms with Crippen LogP contribution in [0.3, 0.4) is 0 Å². The van der Waals surface area contributed by atoms with Crippen molar-refractivity contribution in [3.05, 3.63) is 0 Å². The highest BCUT2D eigenvalue weighted by atomic mass is 16.5. The quantitative estimate of drug-likeness (QED) is 0.704. The van der Waals surface area contributed by atoms with E-state index in [1.807, 2.05) is 0 Å². The Kier molecular flexibility index (Phi) is 4.62. The van der Waals surface area contributed by atoms with Crippen molar-refractivity contribution in [2.45, 2.75) is 78.9 Å². The summed E-state index contributed by atoms with van der Waals surface area (Å²) in [6.07, 6.45) is 7.16. The minimum Gasteiger partial charge on any atom is -0.377 e. The molecule has 1 heterocycles. The molecule has 0 bridgehead atoms. The highest BCUT2D eigenvalue weighted by Gasteiger charge is 2.59. The first-order chi connectivity index (χ1) is 8.88. The average molecular weight is 267 g/mol. The van der Waals surface area contributed by atoms with Crippen LogP contribution in [0, 0.1) is 16.7 Å². The molecule has 3 unspecified atom stereocenters. The molecular weight excluding hydrogens is 234 g/mol. The standard InChI is InChI=1S/C17H33NO/c1-6-7-8-10-16(2,3)12-18-14-13-9-11-19-15(13)17(14,4)5/h13-15,18H,6-12H2,1-5H3. The Morgan fingerprint density at radius 1 is 1.26 bits per heavy atom. The monoisotopic (exact) mass is 267 g/mol. The normalized spacial score (nSPS) is 33.0. The Morgan fingerprint density at radius 3 is 2.68 bits per heavy atom. The van der Waals surface area contributed by atoms with E-state index in [2.05, 4.69) is 39.9 Å². The van der Waals surface area contributed by atoms with E-state index in [9.17, 15) is 0 Å². The van der Waals surface area contributed by atoms with Crippen LogP contribution >= 0.6 is 0 Å². The summed E-state index contributed by atoms with van der Waals surface area (Å²) in [6, 6.07) is 0.658. The van der Waals surface area contributed by atoms with Gasteiger partial charge < -0.3 is 10.1 Å². The number of hydrogen-bond acceptors (Lipinski definition) is 2. The topological polar surface area (TPSA) is 21.3 Å². The molecule has 0 amide bonds. The molecular formula is C17H33NO. The van der Waals surface area contributed by atoms with Crippen molar-refractivity contribution in [1.82, 2.24) is 5.32 Å². The summed E-state index contributed by atoms with van der Waals surface area (Å²) in [5, 5.41) is 3.87. The van der Waals surface area contributed by atoms with E-state index in [4.69, 9.17) is 4.74 Å². The number of ether oxygens (including phenoxy) is 1. The van der Waals surface area contributed by atoms with Crippen LogP contribution in [0.2, 0.25) is 0 Å². The molecule has 0 aromatic rings. The molecule has 1 saturated heterocycles. The molecule has 2 fully saturated rings. The molecule has 1 aliphatic carbocycles. The zero-order chi connectivity index (χ0) is 14.1. The third-order valence-electron chi connectivity index (χ3n) is 5.36. The summed E-state index contributed by atoms with van der Waals surface area (Å²) in [4.78, 5) is 0. The van der Waals surface area contributed by atoms with E-state index < -0.39 is 0 Å². The van der Waals surface area contributed by atoms with Crippen LogP contribution in [0.4, 0.5) is 0 Å². The molecule has 112 valence electrons. The second kappa shape index (κ2) is 5.73. The van der Waals surface area contributed by atoms with Crippen LogP contribution in [-0.4, -0.2) is 25.3 Å². The first-order valence-corrected chi connectivity index (χ1v) is 8.23. The number of nitrogens with one attached hydrogen (secondary N) is 1. The molecule has 3 atom stereocenters. The zero-order valence-electron chi connectivity index (χ0n) is 13.6. The van der Waals surface area contributed by atoms with Crippen molar-refractivity contribution >= 4 is 0 Å². The highest BCUT2D eigenvalue weighted by molar-refractivity contribution is 5.11. The fourth-order valence-electron chi connectivity index (χ4n) is 4.07. The molecule has 1 saturated carbocycles. The second-order valence-corrected chi connectivity index (χ2v) is 8.05. The van der Waals surface area contributed by atoms with E-state index in [0.29, 0.717) is 23.0 Å². The van der Waals surface area contributed by atoms with E-state index >= 15 is 0 Å². The van der Waals surface area contributed by atoms with Gasteiger partial charge in [0.2, 0.25) is 0 Å². The SMILES string of the molecule is CCCCCC(C)(C)CNC1C2CCOC2C1(C)C. The van der Waals surface area contributed by atoms with Crippen molar-refractivity contribution in [3.8, 4) is 0 Å². The van der Waals surface area contributed by atoms with Crippen LogP contribution in [0.15, 0.2) is 0 Å². The van der Waals surface area contributed by atoms with Gasteiger partial charge in [-0.05, 0) is 18.3 Å². The van der Waals surface area contributed by atoms with Gasteiger partial charge >= 0.3 is 0 Å². The molecule has 2 heteroatoms. The van der Waals surface area contributed by atoms with Gasteiger partial charge in [0.25, 0.3) is 0 Å². The Hall–Kier alpha value is -0.0800. The lowest BCUT2D eigenvalue weighted by molar-refractivity contribution is -0.114. The number of unbranched alkanes of at least 4 members (excludes halogenated alkanes) is 2. The van der Waals surface area contributed by atoms with Gasteiger partial charge in [0.05, 0.1) is 6.10 Å². The molecule has 0 spiro atoms. The van der Waals surface area contributed by atoms with Gasteiger partial charge in [0, 0.05) is 30.5 Å². The predicted octanol–water partition coefficient (Wildman–Crippen LogP) is 4.00. The molecule has 1 aliphatic heterocycles. The third-order valence-corrected chi connectivity index (χ3v) is 5.36. The average Bonchev–Trinajstić information content (AvgIpc) is 2.75. The van der Waals surface area contributed by atoms with Gasteiger partial charge in [-0.25, -0.2) is 0 Å². The maximum absolute atomic E-state index is 5.87. The smallest absolute Gasteiger partial charge is 0.0685 e. The van der Waals surface area contributed by atoms with Crippen molar-refractivity contribution in [3.63, 3.8) is 0 Å². The van der Waals surface area contributed by atoms with Crippen LogP contribution in [0.5, 0.6) is 0 Å². The minimum atomic E-state index is 0.320. The lowest BCUT2D eigenvalue weighted by atomic mass is 9.57. The Morgan fingerprint density at radius 2 is 2.00 bits per heavy atom. The maximum Gasteiger partial charge on any atom is 0.0685 e. The second-order valence-electron chi connectivity index (χ2n) is 8.05. The van der Waals surface area contributed by atoms with E-state index in [-0.39, 0.29) is 0 Å². The van der Waals surface area contributed by atoms with Gasteiger partial charge in [-0.1, -0.05) is 53.9 Å². The zero-order valence-corrected chi connectivity index (χ0v) is 13.6. The molecule has 0 aromatic heterocycles. The molecule has 2 aliphatic rings. The van der Waals surface area contributed by atoms with Gasteiger partial charge in [0.15, 0.2) is 0 Å². The molecule has 0 aromatic carbocycles. The van der Waals surface area contributed by atoms with E-state index in [0.717, 1.165) is 19.1 Å². The third kappa shape index (κ3) is 3.16. The Bertz CT molecular complexity index is 298. The van der Waals surface area contributed by atoms with Crippen molar-refractivity contribution in [2.75, 3.05) is 13.2 Å². The fourth-order valence-corrected chi connectivity index (χ4v) is 4.07. The lowest BCUT2D eigenvalue weighted by Gasteiger charge is -2.55. The van der Waals surface area contributed by atoms with Crippen LogP contribution < -0.4 is 5.32 Å². The van der Waals surface area contributed by atoms with Crippen molar-refractivity contribution < 1.29 is 4.74 Å². The van der Waals surface area contributed by atoms with Crippen LogP contribution in [0.1, 0.15) is 66.7 Å². The summed E-state index contributed by atoms with van der Waals surface area (Å²) in [5.41, 5.74) is 0.746. The molecule has 0 radical (unpaired) electrons. The summed E-state index contributed by atoms with van der Waals surface area (Å²) in [5.74, 6) is 0.765. The molecule has 1 N–H and O–H groups in total. The fraction of sp³-hybridized carbons (Fsp3) is 1.00. The first-order valence-electron chi connectivity index (χ1n) is 8.23. The van der Waals surface area contributed by atoms with Crippen LogP contribution in [-0.2, 0) is 4.74 Å². The maximum atomic E-state index is 5.87. The minimum absolute atomic E-state index is 0.320. The Labute approximate surface area is 119 Å². The number of rotatable bonds is 7. The predicted molar refractivity (Wildman–Crippen MR) is 81.3 cm³/mol. The van der Waals surface area contributed by atoms with Gasteiger partial charge in [0.1, 0.15) is 0 Å². The molecule has 19 heavy (non-hydrogen) atoms. The van der Waals surface area contributed by atoms with Gasteiger partial charge in [-0.15, -0.1) is 0 Å². The van der Waals surface area contributed by atoms with Gasteiger partial charge in [-0.2, -0.15) is 0 Å². The van der Waals surface area contributed by atoms with Crippen molar-refractivity contribution in [2.24, 2.45) is 16.7 Å². The summed E-state index contributed by atoms with van der Waals surface area (Å²) >= 11 is 0. The number of hydrogen-bond donors (Lipinski definition) is 1. The van der Waals surface area contributed by atoms with E-state index in [1.165, 1.54) is 32.1 Å². The Balaban J connectivity index is 1.78. The lowest BCUT2D eigenvalue weighted by Crippen LogP contribution is -2.66. The van der Waals surface area contributed by atoms with Crippen LogP contribution in [0.25, 0.3) is 0 Å². The summed E-state index contributed by atoms with van der Waals surface area (Å²) < 4.78 is 5.87. The largest absolute Gasteiger partial charge is 0.377 e. The first kappa shape index (κ1) is 15.3. The number of fused-ring (bicyclic) bond motifs is 1. The molecule has 2 nitrogen and oxygen atoms in total. The highest BCUT2D eigenvalue weighted by Crippen LogP contribution is 2.52. The van der Waals surface area contributed by atoms with Crippen molar-refractivity contribution in [1.29, 1.82) is 0 Å². The van der Waals surface area contributed by atoms with Gasteiger partial charge in [-0.3, -0.25) is 0 Å². The molecule has 2 rings (SSSR count). The van der Waals surface area contributed by atoms with E-state index in [1.54, 1.807) is 0 Å².